The van der Waals surface area contributed by atoms with Crippen LogP contribution in [0.15, 0.2) is 36.4 Å². The molecular formula is C28H47NO5. The van der Waals surface area contributed by atoms with Gasteiger partial charge in [0.25, 0.3) is 0 Å². The highest BCUT2D eigenvalue weighted by molar-refractivity contribution is 5.87. The predicted molar refractivity (Wildman–Crippen MR) is 139 cm³/mol. The Kier molecular flexibility index (Phi) is 15.4. The number of nitrogens with two attached hydrogens (primary N) is 1. The Morgan fingerprint density at radius 2 is 1.62 bits per heavy atom. The van der Waals surface area contributed by atoms with Gasteiger partial charge in [-0.2, -0.15) is 0 Å². The Balaban J connectivity index is 0.00000121. The molecule has 0 aromatic heterocycles. The summed E-state index contributed by atoms with van der Waals surface area (Å²) in [5.41, 5.74) is 5.44. The molecule has 1 aromatic carbocycles. The minimum Gasteiger partial charge on any atom is -0.459 e. The van der Waals surface area contributed by atoms with E-state index in [2.05, 4.69) is 33.4 Å². The summed E-state index contributed by atoms with van der Waals surface area (Å²) in [6.45, 7) is 8.79. The zero-order valence-electron chi connectivity index (χ0n) is 20.8. The SMILES string of the molecule is C.CC(C)C1CCC(C)C2CC[C@@H](C)C2C1OC(=O)/C=C/c1ccccc1.CO.NC(=O)CO. The molecule has 4 N–H and O–H groups in total. The molecule has 34 heavy (non-hydrogen) atoms. The van der Waals surface area contributed by atoms with Crippen molar-refractivity contribution in [2.24, 2.45) is 41.2 Å². The van der Waals surface area contributed by atoms with Gasteiger partial charge in [0, 0.05) is 19.1 Å². The zero-order chi connectivity index (χ0) is 25.0. The standard InChI is InChI=1S/C24H34O2.C2H5NO2.CH4O.CH4/c1-16(2)20-13-10-17(3)21-14-11-18(4)23(21)24(20)26-22(25)15-12-19-8-6-5-7-9-19;3-2(5)1-4;1-2;/h5-9,12,15-18,20-21,23-24H,10-11,13-14H2,1-4H3;4H,1H2,(H2,3,5);2H,1H3;1H4/b15-12+;;;/t17?,18-,20?,21?,23?,24?;;;/m1.../s1. The normalized spacial score (nSPS) is 27.8. The number of fused-ring (bicyclic) bond motifs is 1. The van der Waals surface area contributed by atoms with Gasteiger partial charge >= 0.3 is 5.97 Å². The third-order valence-electron chi connectivity index (χ3n) is 7.07. The molecule has 6 heteroatoms. The van der Waals surface area contributed by atoms with Crippen LogP contribution in [-0.4, -0.2) is 41.9 Å². The largest absolute Gasteiger partial charge is 0.459 e. The highest BCUT2D eigenvalue weighted by atomic mass is 16.5. The van der Waals surface area contributed by atoms with Crippen LogP contribution in [0.25, 0.3) is 6.08 Å². The molecule has 1 amide bonds. The van der Waals surface area contributed by atoms with E-state index < -0.39 is 12.5 Å². The van der Waals surface area contributed by atoms with E-state index in [9.17, 15) is 9.59 Å². The number of benzene rings is 1. The summed E-state index contributed by atoms with van der Waals surface area (Å²) in [5, 5.41) is 14.7. The minimum absolute atomic E-state index is 0. The van der Waals surface area contributed by atoms with Crippen molar-refractivity contribution >= 4 is 18.0 Å². The molecule has 3 rings (SSSR count). The van der Waals surface area contributed by atoms with Crippen molar-refractivity contribution in [3.05, 3.63) is 42.0 Å². The molecule has 6 atom stereocenters. The Morgan fingerprint density at radius 3 is 2.15 bits per heavy atom. The highest BCUT2D eigenvalue weighted by Gasteiger charge is 2.48. The Labute approximate surface area is 206 Å². The van der Waals surface area contributed by atoms with Gasteiger partial charge < -0.3 is 20.7 Å². The maximum Gasteiger partial charge on any atom is 0.331 e. The van der Waals surface area contributed by atoms with E-state index in [1.165, 1.54) is 25.7 Å². The summed E-state index contributed by atoms with van der Waals surface area (Å²) in [7, 11) is 1.00. The van der Waals surface area contributed by atoms with Crippen LogP contribution in [0.5, 0.6) is 0 Å². The van der Waals surface area contributed by atoms with E-state index in [0.717, 1.165) is 18.6 Å². The van der Waals surface area contributed by atoms with E-state index in [1.54, 1.807) is 6.08 Å². The van der Waals surface area contributed by atoms with Crippen molar-refractivity contribution < 1.29 is 24.5 Å². The van der Waals surface area contributed by atoms with Crippen LogP contribution < -0.4 is 5.73 Å². The van der Waals surface area contributed by atoms with Gasteiger partial charge in [-0.15, -0.1) is 0 Å². The Hall–Kier alpha value is -2.18. The van der Waals surface area contributed by atoms with E-state index >= 15 is 0 Å². The fourth-order valence-corrected chi connectivity index (χ4v) is 5.39. The minimum atomic E-state index is -0.690. The second kappa shape index (κ2) is 16.4. The lowest BCUT2D eigenvalue weighted by molar-refractivity contribution is -0.152. The van der Waals surface area contributed by atoms with Crippen molar-refractivity contribution in [1.29, 1.82) is 0 Å². The van der Waals surface area contributed by atoms with Crippen LogP contribution in [-0.2, 0) is 14.3 Å². The van der Waals surface area contributed by atoms with Crippen LogP contribution in [0.3, 0.4) is 0 Å². The van der Waals surface area contributed by atoms with Gasteiger partial charge in [0.1, 0.15) is 12.7 Å². The monoisotopic (exact) mass is 477 g/mol. The number of carbonyl (C=O) groups is 2. The van der Waals surface area contributed by atoms with Gasteiger partial charge in [0.2, 0.25) is 5.91 Å². The summed E-state index contributed by atoms with van der Waals surface area (Å²) >= 11 is 0. The van der Waals surface area contributed by atoms with Crippen LogP contribution >= 0.6 is 0 Å². The molecular weight excluding hydrogens is 430 g/mol. The fourth-order valence-electron chi connectivity index (χ4n) is 5.39. The molecule has 0 radical (unpaired) electrons. The third kappa shape index (κ3) is 9.59. The van der Waals surface area contributed by atoms with Gasteiger partial charge in [-0.3, -0.25) is 4.79 Å². The fraction of sp³-hybridized carbons (Fsp3) is 0.643. The third-order valence-corrected chi connectivity index (χ3v) is 7.07. The van der Waals surface area contributed by atoms with Crippen LogP contribution in [0.4, 0.5) is 0 Å². The molecule has 5 unspecified atom stereocenters. The summed E-state index contributed by atoms with van der Waals surface area (Å²) < 4.78 is 6.17. The first kappa shape index (κ1) is 31.8. The number of rotatable bonds is 5. The average molecular weight is 478 g/mol. The topological polar surface area (TPSA) is 110 Å². The molecule has 0 aliphatic heterocycles. The summed E-state index contributed by atoms with van der Waals surface area (Å²) in [4.78, 5) is 22.0. The number of amides is 1. The number of primary amides is 1. The second-order valence-corrected chi connectivity index (χ2v) is 9.53. The van der Waals surface area contributed by atoms with E-state index in [4.69, 9.17) is 14.9 Å². The molecule has 2 aliphatic carbocycles. The van der Waals surface area contributed by atoms with Gasteiger partial charge in [-0.1, -0.05) is 78.3 Å². The predicted octanol–water partition coefficient (Wildman–Crippen LogP) is 4.68. The van der Waals surface area contributed by atoms with Crippen LogP contribution in [0, 0.1) is 35.5 Å². The van der Waals surface area contributed by atoms with Crippen molar-refractivity contribution in [1.82, 2.24) is 0 Å². The lowest BCUT2D eigenvalue weighted by Gasteiger charge is -2.36. The van der Waals surface area contributed by atoms with Gasteiger partial charge in [0.05, 0.1) is 0 Å². The summed E-state index contributed by atoms with van der Waals surface area (Å²) in [5.74, 6) is 2.78. The molecule has 0 spiro atoms. The Morgan fingerprint density at radius 1 is 1.06 bits per heavy atom. The van der Waals surface area contributed by atoms with Crippen molar-refractivity contribution in [2.45, 2.75) is 66.9 Å². The average Bonchev–Trinajstić information content (AvgIpc) is 3.13. The summed E-state index contributed by atoms with van der Waals surface area (Å²) in [6.07, 6.45) is 8.56. The van der Waals surface area contributed by atoms with Crippen LogP contribution in [0.2, 0.25) is 0 Å². The maximum atomic E-state index is 12.6. The molecule has 1 aromatic rings. The number of hydrogen-bond donors (Lipinski definition) is 3. The lowest BCUT2D eigenvalue weighted by atomic mass is 9.76. The molecule has 194 valence electrons. The molecule has 2 aliphatic rings. The maximum absolute atomic E-state index is 12.6. The van der Waals surface area contributed by atoms with E-state index in [0.29, 0.717) is 29.6 Å². The van der Waals surface area contributed by atoms with Crippen molar-refractivity contribution in [3.63, 3.8) is 0 Å². The molecule has 2 saturated carbocycles. The first-order valence-electron chi connectivity index (χ1n) is 12.0. The van der Waals surface area contributed by atoms with Gasteiger partial charge in [0.15, 0.2) is 0 Å². The smallest absolute Gasteiger partial charge is 0.331 e. The first-order valence-corrected chi connectivity index (χ1v) is 12.0. The number of hydrogen-bond acceptors (Lipinski definition) is 5. The molecule has 0 saturated heterocycles. The molecule has 0 bridgehead atoms. The van der Waals surface area contributed by atoms with E-state index in [-0.39, 0.29) is 19.5 Å². The number of aliphatic hydroxyl groups excluding tert-OH is 2. The van der Waals surface area contributed by atoms with Crippen molar-refractivity contribution in [2.75, 3.05) is 13.7 Å². The second-order valence-electron chi connectivity index (χ2n) is 9.53. The van der Waals surface area contributed by atoms with E-state index in [1.807, 2.05) is 36.4 Å². The summed E-state index contributed by atoms with van der Waals surface area (Å²) in [6, 6.07) is 9.96. The molecule has 0 heterocycles. The quantitative estimate of drug-likeness (QED) is 0.421. The first-order chi connectivity index (χ1) is 15.7. The van der Waals surface area contributed by atoms with Crippen molar-refractivity contribution in [3.8, 4) is 0 Å². The number of ether oxygens (including phenoxy) is 1. The number of carbonyl (C=O) groups excluding carboxylic acids is 2. The molecule has 6 nitrogen and oxygen atoms in total. The van der Waals surface area contributed by atoms with Gasteiger partial charge in [-0.25, -0.2) is 4.79 Å². The number of aliphatic hydroxyl groups is 2. The van der Waals surface area contributed by atoms with Crippen LogP contribution in [0.1, 0.15) is 66.4 Å². The lowest BCUT2D eigenvalue weighted by Crippen LogP contribution is -2.39. The van der Waals surface area contributed by atoms with Gasteiger partial charge in [-0.05, 0) is 54.1 Å². The number of esters is 1. The Bertz CT molecular complexity index is 734. The zero-order valence-corrected chi connectivity index (χ0v) is 20.8. The highest BCUT2D eigenvalue weighted by Crippen LogP contribution is 2.50. The molecule has 2 fully saturated rings.